The van der Waals surface area contributed by atoms with Crippen LogP contribution >= 0.6 is 20.5 Å². The number of nitrogens with one attached hydrogen (secondary N) is 4. The number of benzene rings is 1. The highest BCUT2D eigenvalue weighted by molar-refractivity contribution is 7.80. The van der Waals surface area contributed by atoms with E-state index in [-0.39, 0.29) is 82.8 Å². The first-order chi connectivity index (χ1) is 33.7. The molecule has 1 fully saturated rings. The van der Waals surface area contributed by atoms with E-state index in [0.29, 0.717) is 18.5 Å². The number of carbonyl (C=O) groups is 7. The van der Waals surface area contributed by atoms with Crippen LogP contribution in [0.3, 0.4) is 0 Å². The van der Waals surface area contributed by atoms with Crippen LogP contribution in [0, 0.1) is 17.8 Å². The number of amides is 5. The fraction of sp³-hybridized carbons (Fsp3) is 0.622. The molecule has 26 heteroatoms. The third kappa shape index (κ3) is 22.5. The number of aromatic nitrogens is 2. The molecule has 0 bridgehead atoms. The largest absolute Gasteiger partial charge is 0.469 e. The maximum absolute atomic E-state index is 14.3. The number of ether oxygens (including phenoxy) is 2. The molecule has 8 atom stereocenters. The number of primary amides is 1. The first-order valence-corrected chi connectivity index (χ1v) is 25.5. The zero-order valence-electron chi connectivity index (χ0n) is 40.3. The number of aromatic amines is 1. The number of thiol groups is 1. The summed E-state index contributed by atoms with van der Waals surface area (Å²) in [4.78, 5) is 126. The third-order valence-corrected chi connectivity index (χ3v) is 12.3. The summed E-state index contributed by atoms with van der Waals surface area (Å²) >= 11 is 4.00. The Morgan fingerprint density at radius 3 is 2.30 bits per heavy atom. The topological polar surface area (TPSA) is 367 Å². The number of rotatable bonds is 35. The Labute approximate surface area is 418 Å². The number of carbonyl (C=O) groups excluding carboxylic acids is 7. The number of phosphoric acid groups is 1. The number of aryl methyl sites for hydroxylation is 1. The summed E-state index contributed by atoms with van der Waals surface area (Å²) in [5, 5.41) is 22.2. The predicted octanol–water partition coefficient (Wildman–Crippen LogP) is -0.505. The van der Waals surface area contributed by atoms with Gasteiger partial charge in [-0.05, 0) is 37.7 Å². The van der Waals surface area contributed by atoms with Crippen molar-refractivity contribution in [2.75, 3.05) is 51.9 Å². The number of aliphatic hydroxyl groups is 1. The molecule has 0 aliphatic carbocycles. The Bertz CT molecular complexity index is 2080. The number of ketones is 2. The summed E-state index contributed by atoms with van der Waals surface area (Å²) in [7, 11) is -5.09. The Hall–Kier alpha value is -5.11. The lowest BCUT2D eigenvalue weighted by atomic mass is 9.89. The van der Waals surface area contributed by atoms with E-state index < -0.39 is 111 Å². The third-order valence-electron chi connectivity index (χ3n) is 11.3. The molecule has 5 amide bonds. The lowest BCUT2D eigenvalue weighted by Gasteiger charge is -2.28. The maximum atomic E-state index is 14.3. The van der Waals surface area contributed by atoms with Crippen molar-refractivity contribution in [3.8, 4) is 0 Å². The number of hydrogen-bond acceptors (Lipinski definition) is 17. The van der Waals surface area contributed by atoms with Crippen LogP contribution in [0.2, 0.25) is 0 Å². The average Bonchev–Trinajstić information content (AvgIpc) is 4.01. The smallest absolute Gasteiger partial charge is 0.394 e. The first kappa shape index (κ1) is 60.2. The van der Waals surface area contributed by atoms with E-state index in [2.05, 4.69) is 48.2 Å². The Kier molecular flexibility index (Phi) is 26.6. The van der Waals surface area contributed by atoms with Crippen molar-refractivity contribution in [3.05, 3.63) is 54.1 Å². The molecule has 3 rings (SSSR count). The fourth-order valence-electron chi connectivity index (χ4n) is 7.52. The highest BCUT2D eigenvalue weighted by Crippen LogP contribution is 2.39. The zero-order valence-corrected chi connectivity index (χ0v) is 42.0. The molecule has 1 saturated heterocycles. The average molecular weight is 1040 g/mol. The van der Waals surface area contributed by atoms with Gasteiger partial charge in [0.15, 0.2) is 11.6 Å². The summed E-state index contributed by atoms with van der Waals surface area (Å²) in [6.45, 7) is 4.62. The van der Waals surface area contributed by atoms with Gasteiger partial charge in [0.05, 0.1) is 82.4 Å². The SMILES string of the molecule is CC(C)C[C@H](NC(=O)[C@@H]1C[C@H](O/N=C\CCc2ccccc2)CN1C(=O)CCOCCOCCNC(=O)[C@@H](N)CS)C(=O)C[C@@H](Cc1cnc[nH]1)C(=O)N[C@@H](CO)C(=O)C[C@H](C(N)=O)C(C)OP(=O)(O)O. The van der Waals surface area contributed by atoms with Crippen LogP contribution in [0.15, 0.2) is 48.0 Å². The summed E-state index contributed by atoms with van der Waals surface area (Å²) < 4.78 is 27.0. The quantitative estimate of drug-likeness (QED) is 0.0137. The number of oxime groups is 1. The molecule has 2 heterocycles. The van der Waals surface area contributed by atoms with Gasteiger partial charge in [-0.15, -0.1) is 0 Å². The molecule has 0 radical (unpaired) electrons. The van der Waals surface area contributed by atoms with E-state index in [0.717, 1.165) is 12.5 Å². The molecule has 0 spiro atoms. The van der Waals surface area contributed by atoms with Crippen LogP contribution in [-0.4, -0.2) is 165 Å². The summed E-state index contributed by atoms with van der Waals surface area (Å²) in [6, 6.07) is 5.20. The number of phosphoric ester groups is 1. The normalized spacial score (nSPS) is 17.5. The molecule has 71 heavy (non-hydrogen) atoms. The van der Waals surface area contributed by atoms with E-state index >= 15 is 0 Å². The fourth-order valence-corrected chi connectivity index (χ4v) is 8.27. The molecule has 1 aliphatic heterocycles. The number of likely N-dealkylation sites (tertiary alicyclic amines) is 1. The first-order valence-electron chi connectivity index (χ1n) is 23.3. The second-order valence-electron chi connectivity index (χ2n) is 17.5. The molecule has 2 aromatic rings. The van der Waals surface area contributed by atoms with Crippen molar-refractivity contribution >= 4 is 67.8 Å². The van der Waals surface area contributed by atoms with Gasteiger partial charge in [-0.1, -0.05) is 49.3 Å². The summed E-state index contributed by atoms with van der Waals surface area (Å²) in [6.07, 6.45) is 2.24. The van der Waals surface area contributed by atoms with Crippen LogP contribution in [0.4, 0.5) is 0 Å². The van der Waals surface area contributed by atoms with Gasteiger partial charge in [0.1, 0.15) is 18.2 Å². The van der Waals surface area contributed by atoms with Crippen LogP contribution in [0.1, 0.15) is 70.6 Å². The van der Waals surface area contributed by atoms with Crippen LogP contribution in [-0.2, 0) is 69.8 Å². The van der Waals surface area contributed by atoms with Crippen LogP contribution < -0.4 is 27.4 Å². The second kappa shape index (κ2) is 31.4. The molecule has 1 aliphatic rings. The number of imidazole rings is 1. The van der Waals surface area contributed by atoms with Gasteiger partial charge >= 0.3 is 7.82 Å². The van der Waals surface area contributed by atoms with Gasteiger partial charge in [-0.2, -0.15) is 12.6 Å². The number of nitrogens with zero attached hydrogens (tertiary/aromatic N) is 3. The Morgan fingerprint density at radius 2 is 1.68 bits per heavy atom. The molecular weight excluding hydrogens is 970 g/mol. The van der Waals surface area contributed by atoms with E-state index in [1.165, 1.54) is 17.4 Å². The van der Waals surface area contributed by atoms with Gasteiger partial charge in [0, 0.05) is 56.1 Å². The van der Waals surface area contributed by atoms with E-state index in [4.69, 9.17) is 25.8 Å². The van der Waals surface area contributed by atoms with Crippen LogP contribution in [0.5, 0.6) is 0 Å². The number of Topliss-reactive ketones (excluding diaryl/α,β-unsaturated/α-hetero) is 2. The lowest BCUT2D eigenvalue weighted by molar-refractivity contribution is -0.140. The highest BCUT2D eigenvalue weighted by atomic mass is 32.1. The predicted molar refractivity (Wildman–Crippen MR) is 260 cm³/mol. The minimum absolute atomic E-state index is 0.00339. The minimum Gasteiger partial charge on any atom is -0.394 e. The van der Waals surface area contributed by atoms with E-state index in [1.54, 1.807) is 6.21 Å². The zero-order chi connectivity index (χ0) is 52.5. The van der Waals surface area contributed by atoms with E-state index in [9.17, 15) is 53.0 Å². The van der Waals surface area contributed by atoms with Crippen molar-refractivity contribution < 1.29 is 71.9 Å². The maximum Gasteiger partial charge on any atom is 0.469 e. The molecule has 0 saturated carbocycles. The van der Waals surface area contributed by atoms with Gasteiger partial charge in [0.2, 0.25) is 29.5 Å². The second-order valence-corrected chi connectivity index (χ2v) is 19.0. The summed E-state index contributed by atoms with van der Waals surface area (Å²) in [5.74, 6) is -7.54. The number of hydrogen-bond donors (Lipinski definition) is 10. The van der Waals surface area contributed by atoms with Gasteiger partial charge in [0.25, 0.3) is 0 Å². The highest BCUT2D eigenvalue weighted by Gasteiger charge is 2.42. The summed E-state index contributed by atoms with van der Waals surface area (Å²) in [5.41, 5.74) is 12.6. The van der Waals surface area contributed by atoms with Crippen molar-refractivity contribution in [1.82, 2.24) is 30.8 Å². The van der Waals surface area contributed by atoms with Crippen molar-refractivity contribution in [2.45, 2.75) is 109 Å². The molecule has 396 valence electrons. The molecule has 24 nitrogen and oxygen atoms in total. The number of H-pyrrole nitrogens is 1. The van der Waals surface area contributed by atoms with Gasteiger partial charge < -0.3 is 66.5 Å². The van der Waals surface area contributed by atoms with Gasteiger partial charge in [-0.25, -0.2) is 9.55 Å². The standard InChI is InChI=1S/C45H70N9O15PS/c1-28(2)18-36(39(56)20-31(19-32-23-48-27-50-32)43(60)53-37(25-55)40(57)22-34(42(47)59)29(3)69-70(63,64)65)52-45(62)38-21-33(68-51-12-7-10-30-8-5-4-6-9-30)24-54(38)41(58)11-14-66-16-17-67-15-13-49-44(61)35(46)26-71/h4-6,8-9,12,23,27-29,31,33-38,55,71H,7,10-11,13-22,24-26,46H2,1-3H3,(H2,47,59)(H,48,50)(H,49,61)(H,52,62)(H,53,60)(H2,63,64,65)/b51-12-/t29?,31-,33+,34+,35+,36+,37+,38+/m1/s1. The molecule has 1 aromatic carbocycles. The molecule has 1 aromatic heterocycles. The van der Waals surface area contributed by atoms with Crippen molar-refractivity contribution in [2.24, 2.45) is 34.4 Å². The number of nitrogens with two attached hydrogens (primary N) is 2. The molecule has 11 N–H and O–H groups in total. The minimum atomic E-state index is -5.09. The monoisotopic (exact) mass is 1040 g/mol. The van der Waals surface area contributed by atoms with E-state index in [1.807, 2.05) is 44.2 Å². The van der Waals surface area contributed by atoms with Gasteiger partial charge in [-0.3, -0.25) is 38.1 Å². The molecule has 1 unspecified atom stereocenters. The van der Waals surface area contributed by atoms with Crippen LogP contribution in [0.25, 0.3) is 0 Å². The number of aliphatic hydroxyl groups excluding tert-OH is 1. The Balaban J connectivity index is 1.73. The van der Waals surface area contributed by atoms with Crippen molar-refractivity contribution in [3.63, 3.8) is 0 Å². The lowest BCUT2D eigenvalue weighted by Crippen LogP contribution is -2.52. The van der Waals surface area contributed by atoms with Crippen molar-refractivity contribution in [1.29, 1.82) is 0 Å². The molecular formula is C45H70N9O15PS. The Morgan fingerprint density at radius 1 is 0.986 bits per heavy atom.